The van der Waals surface area contributed by atoms with Gasteiger partial charge < -0.3 is 0 Å². The molecule has 0 unspecified atom stereocenters. The Kier molecular flexibility index (Phi) is 2.67. The fraction of sp³-hybridized carbons (Fsp3) is 0.615. The highest BCUT2D eigenvalue weighted by atomic mass is 32.1. The van der Waals surface area contributed by atoms with Gasteiger partial charge in [0.25, 0.3) is 11.8 Å². The summed E-state index contributed by atoms with van der Waals surface area (Å²) in [5.74, 6) is -0.482. The van der Waals surface area contributed by atoms with E-state index in [1.807, 2.05) is 41.5 Å². The fourth-order valence-corrected chi connectivity index (χ4v) is 2.88. The van der Waals surface area contributed by atoms with E-state index in [9.17, 15) is 9.59 Å². The zero-order valence-corrected chi connectivity index (χ0v) is 12.4. The van der Waals surface area contributed by atoms with Crippen LogP contribution in [-0.4, -0.2) is 27.2 Å². The Morgan fingerprint density at radius 2 is 1.56 bits per heavy atom. The number of imide groups is 1. The van der Waals surface area contributed by atoms with Crippen molar-refractivity contribution in [3.05, 3.63) is 15.6 Å². The van der Waals surface area contributed by atoms with Gasteiger partial charge in [-0.1, -0.05) is 20.8 Å². The molecule has 2 rings (SSSR count). The number of carbonyl (C=O) groups excluding carboxylic acids is 2. The minimum absolute atomic E-state index is 0.137. The Morgan fingerprint density at radius 3 is 1.94 bits per heavy atom. The summed E-state index contributed by atoms with van der Waals surface area (Å²) in [6.07, 6.45) is 0. The predicted molar refractivity (Wildman–Crippen MR) is 71.1 cm³/mol. The van der Waals surface area contributed by atoms with Crippen LogP contribution in [0.2, 0.25) is 0 Å². The normalized spacial score (nSPS) is 16.4. The summed E-state index contributed by atoms with van der Waals surface area (Å²) in [6.45, 7) is 11.6. The van der Waals surface area contributed by atoms with E-state index < -0.39 is 5.54 Å². The van der Waals surface area contributed by atoms with Gasteiger partial charge in [-0.15, -0.1) is 11.3 Å². The summed E-state index contributed by atoms with van der Waals surface area (Å²) in [4.78, 5) is 30.7. The van der Waals surface area contributed by atoms with Gasteiger partial charge in [0.1, 0.15) is 4.88 Å². The van der Waals surface area contributed by atoms with Crippen molar-refractivity contribution in [2.45, 2.75) is 52.5 Å². The van der Waals surface area contributed by atoms with Crippen molar-refractivity contribution in [3.63, 3.8) is 0 Å². The molecule has 1 aliphatic rings. The first kappa shape index (κ1) is 13.2. The third kappa shape index (κ3) is 1.86. The molecule has 0 saturated heterocycles. The molecular formula is C13H18N2O2S. The topological polar surface area (TPSA) is 50.3 Å². The Bertz CT molecular complexity index is 499. The molecule has 0 spiro atoms. The van der Waals surface area contributed by atoms with Crippen LogP contribution in [0.15, 0.2) is 0 Å². The van der Waals surface area contributed by atoms with E-state index in [4.69, 9.17) is 0 Å². The summed E-state index contributed by atoms with van der Waals surface area (Å²) < 4.78 is 0. The van der Waals surface area contributed by atoms with E-state index in [-0.39, 0.29) is 17.2 Å². The second-order valence-electron chi connectivity index (χ2n) is 6.56. The van der Waals surface area contributed by atoms with Gasteiger partial charge in [0.05, 0.1) is 5.01 Å². The molecule has 5 heteroatoms. The van der Waals surface area contributed by atoms with Gasteiger partial charge >= 0.3 is 0 Å². The Balaban J connectivity index is 2.49. The van der Waals surface area contributed by atoms with E-state index in [0.717, 1.165) is 5.01 Å². The number of thiazole rings is 1. The van der Waals surface area contributed by atoms with Crippen molar-refractivity contribution >= 4 is 23.2 Å². The van der Waals surface area contributed by atoms with Gasteiger partial charge in [-0.25, -0.2) is 4.98 Å². The molecule has 0 bridgehead atoms. The van der Waals surface area contributed by atoms with Gasteiger partial charge in [-0.3, -0.25) is 14.5 Å². The minimum atomic E-state index is -0.503. The summed E-state index contributed by atoms with van der Waals surface area (Å²) in [5, 5.41) is 0.836. The first-order valence-corrected chi connectivity index (χ1v) is 6.75. The third-order valence-corrected chi connectivity index (χ3v) is 4.21. The second-order valence-corrected chi connectivity index (χ2v) is 7.56. The largest absolute Gasteiger partial charge is 0.281 e. The van der Waals surface area contributed by atoms with E-state index in [1.165, 1.54) is 16.2 Å². The highest BCUT2D eigenvalue weighted by molar-refractivity contribution is 7.14. The molecule has 2 amide bonds. The quantitative estimate of drug-likeness (QED) is 0.678. The van der Waals surface area contributed by atoms with Crippen molar-refractivity contribution in [3.8, 4) is 0 Å². The summed E-state index contributed by atoms with van der Waals surface area (Å²) >= 11 is 1.34. The van der Waals surface area contributed by atoms with Crippen molar-refractivity contribution in [2.75, 3.05) is 0 Å². The van der Waals surface area contributed by atoms with Crippen LogP contribution in [0, 0.1) is 0 Å². The molecule has 0 N–H and O–H groups in total. The predicted octanol–water partition coefficient (Wildman–Crippen LogP) is 2.84. The van der Waals surface area contributed by atoms with Crippen LogP contribution in [-0.2, 0) is 5.41 Å². The van der Waals surface area contributed by atoms with E-state index in [1.54, 1.807) is 0 Å². The lowest BCUT2D eigenvalue weighted by Gasteiger charge is -2.29. The van der Waals surface area contributed by atoms with Crippen LogP contribution < -0.4 is 0 Å². The molecule has 0 atom stereocenters. The Labute approximate surface area is 111 Å². The van der Waals surface area contributed by atoms with Crippen molar-refractivity contribution < 1.29 is 9.59 Å². The Morgan fingerprint density at radius 1 is 1.00 bits per heavy atom. The van der Waals surface area contributed by atoms with Gasteiger partial charge in [-0.2, -0.15) is 0 Å². The van der Waals surface area contributed by atoms with E-state index >= 15 is 0 Å². The van der Waals surface area contributed by atoms with Crippen LogP contribution in [0.1, 0.15) is 66.7 Å². The zero-order valence-electron chi connectivity index (χ0n) is 11.6. The third-order valence-electron chi connectivity index (χ3n) is 2.74. The van der Waals surface area contributed by atoms with Crippen molar-refractivity contribution in [1.82, 2.24) is 9.88 Å². The van der Waals surface area contributed by atoms with E-state index in [0.29, 0.717) is 10.6 Å². The molecule has 0 aromatic carbocycles. The number of hydrogen-bond donors (Lipinski definition) is 0. The number of aromatic nitrogens is 1. The van der Waals surface area contributed by atoms with Crippen LogP contribution in [0.4, 0.5) is 0 Å². The Hall–Kier alpha value is -1.23. The first-order valence-electron chi connectivity index (χ1n) is 5.93. The maximum Gasteiger partial charge on any atom is 0.281 e. The molecular weight excluding hydrogens is 248 g/mol. The number of amides is 2. The fourth-order valence-electron chi connectivity index (χ4n) is 1.84. The number of carbonyl (C=O) groups is 2. The average molecular weight is 266 g/mol. The molecule has 0 saturated carbocycles. The van der Waals surface area contributed by atoms with Crippen LogP contribution in [0.3, 0.4) is 0 Å². The molecule has 2 heterocycles. The van der Waals surface area contributed by atoms with Crippen molar-refractivity contribution in [1.29, 1.82) is 0 Å². The number of rotatable bonds is 0. The standard InChI is InChI=1S/C13H18N2O2S/c1-12(2,3)11-14-7-8(18-11)10(17)15(9(7)16)13(4,5)6/h1-6H3. The summed E-state index contributed by atoms with van der Waals surface area (Å²) in [6, 6.07) is 0. The summed E-state index contributed by atoms with van der Waals surface area (Å²) in [7, 11) is 0. The van der Waals surface area contributed by atoms with Gasteiger partial charge in [-0.05, 0) is 20.8 Å². The van der Waals surface area contributed by atoms with Gasteiger partial charge in [0.15, 0.2) is 5.69 Å². The lowest BCUT2D eigenvalue weighted by atomic mass is 9.98. The molecule has 1 aromatic rings. The lowest BCUT2D eigenvalue weighted by Crippen LogP contribution is -2.45. The number of hydrogen-bond acceptors (Lipinski definition) is 4. The molecule has 0 fully saturated rings. The van der Waals surface area contributed by atoms with Crippen LogP contribution in [0.25, 0.3) is 0 Å². The maximum atomic E-state index is 12.3. The molecule has 0 radical (unpaired) electrons. The van der Waals surface area contributed by atoms with E-state index in [2.05, 4.69) is 4.98 Å². The van der Waals surface area contributed by atoms with Crippen LogP contribution >= 0.6 is 11.3 Å². The van der Waals surface area contributed by atoms with Gasteiger partial charge in [0, 0.05) is 11.0 Å². The average Bonchev–Trinajstić information content (AvgIpc) is 2.65. The number of fused-ring (bicyclic) bond motifs is 1. The zero-order chi connectivity index (χ0) is 13.9. The van der Waals surface area contributed by atoms with Crippen LogP contribution in [0.5, 0.6) is 0 Å². The number of nitrogens with zero attached hydrogens (tertiary/aromatic N) is 2. The highest BCUT2D eigenvalue weighted by Crippen LogP contribution is 2.36. The summed E-state index contributed by atoms with van der Waals surface area (Å²) in [5.41, 5.74) is -0.316. The molecule has 1 aromatic heterocycles. The molecule has 0 aliphatic carbocycles. The monoisotopic (exact) mass is 266 g/mol. The molecule has 98 valence electrons. The highest BCUT2D eigenvalue weighted by Gasteiger charge is 2.45. The second kappa shape index (κ2) is 3.63. The smallest absolute Gasteiger partial charge is 0.268 e. The van der Waals surface area contributed by atoms with Gasteiger partial charge in [0.2, 0.25) is 0 Å². The SMILES string of the molecule is CC(C)(C)c1nc2c(s1)C(=O)N(C(C)(C)C)C2=O. The minimum Gasteiger partial charge on any atom is -0.268 e. The maximum absolute atomic E-state index is 12.3. The molecule has 4 nitrogen and oxygen atoms in total. The first-order chi connectivity index (χ1) is 8.03. The van der Waals surface area contributed by atoms with Crippen molar-refractivity contribution in [2.24, 2.45) is 0 Å². The molecule has 1 aliphatic heterocycles. The molecule has 18 heavy (non-hydrogen) atoms. The lowest BCUT2D eigenvalue weighted by molar-refractivity contribution is 0.0507.